The molecule has 7 nitrogen and oxygen atoms in total. The zero-order valence-electron chi connectivity index (χ0n) is 13.2. The third-order valence-electron chi connectivity index (χ3n) is 3.38. The second-order valence-electron chi connectivity index (χ2n) is 5.44. The van der Waals surface area contributed by atoms with Gasteiger partial charge in [0.15, 0.2) is 10.7 Å². The van der Waals surface area contributed by atoms with Crippen LogP contribution in [0.4, 0.5) is 13.9 Å². The maximum Gasteiger partial charge on any atom is 0.291 e. The van der Waals surface area contributed by atoms with E-state index in [9.17, 15) is 18.4 Å². The highest BCUT2D eigenvalue weighted by atomic mass is 32.1. The molecule has 0 saturated heterocycles. The highest BCUT2D eigenvalue weighted by Crippen LogP contribution is 2.25. The Hall–Kier alpha value is -2.75. The summed E-state index contributed by atoms with van der Waals surface area (Å²) in [4.78, 5) is 25.0. The van der Waals surface area contributed by atoms with E-state index in [0.29, 0.717) is 22.1 Å². The molecule has 1 aromatic carbocycles. The molecule has 1 amide bonds. The van der Waals surface area contributed by atoms with Crippen LogP contribution < -0.4 is 10.9 Å². The third kappa shape index (κ3) is 3.25. The van der Waals surface area contributed by atoms with Gasteiger partial charge in [-0.15, -0.1) is 10.2 Å². The van der Waals surface area contributed by atoms with Gasteiger partial charge >= 0.3 is 0 Å². The molecule has 10 heteroatoms. The van der Waals surface area contributed by atoms with Crippen LogP contribution in [0.15, 0.2) is 29.1 Å². The predicted molar refractivity (Wildman–Crippen MR) is 89.2 cm³/mol. The molecule has 0 atom stereocenters. The SMILES string of the molecule is CC(C)n1nc(C(=O)Nc2nnc(C(F)F)s2)c2ccccc2c1=O. The van der Waals surface area contributed by atoms with Gasteiger partial charge in [0.25, 0.3) is 17.9 Å². The summed E-state index contributed by atoms with van der Waals surface area (Å²) in [5.41, 5.74) is -0.296. The quantitative estimate of drug-likeness (QED) is 0.768. The molecule has 3 aromatic rings. The van der Waals surface area contributed by atoms with Gasteiger partial charge in [-0.25, -0.2) is 13.5 Å². The van der Waals surface area contributed by atoms with Crippen LogP contribution in [0, 0.1) is 0 Å². The first-order valence-corrected chi connectivity index (χ1v) is 8.14. The van der Waals surface area contributed by atoms with E-state index in [4.69, 9.17) is 0 Å². The van der Waals surface area contributed by atoms with Gasteiger partial charge in [0, 0.05) is 5.39 Å². The Morgan fingerprint density at radius 2 is 1.88 bits per heavy atom. The number of nitrogens with zero attached hydrogens (tertiary/aromatic N) is 4. The lowest BCUT2D eigenvalue weighted by Gasteiger charge is -2.12. The van der Waals surface area contributed by atoms with Crippen molar-refractivity contribution in [1.82, 2.24) is 20.0 Å². The van der Waals surface area contributed by atoms with Crippen molar-refractivity contribution in [2.45, 2.75) is 26.3 Å². The second kappa shape index (κ2) is 6.63. The molecule has 0 spiro atoms. The average Bonchev–Trinajstić information content (AvgIpc) is 3.03. The lowest BCUT2D eigenvalue weighted by molar-refractivity contribution is 0.102. The zero-order chi connectivity index (χ0) is 18.1. The summed E-state index contributed by atoms with van der Waals surface area (Å²) in [5, 5.41) is 13.6. The largest absolute Gasteiger partial charge is 0.295 e. The molecule has 0 unspecified atom stereocenters. The zero-order valence-corrected chi connectivity index (χ0v) is 14.1. The smallest absolute Gasteiger partial charge is 0.291 e. The summed E-state index contributed by atoms with van der Waals surface area (Å²) in [6, 6.07) is 6.33. The summed E-state index contributed by atoms with van der Waals surface area (Å²) < 4.78 is 26.4. The molecule has 0 aliphatic heterocycles. The van der Waals surface area contributed by atoms with Gasteiger partial charge in [0.05, 0.1) is 11.4 Å². The first-order valence-electron chi connectivity index (χ1n) is 7.33. The summed E-state index contributed by atoms with van der Waals surface area (Å²) in [6.45, 7) is 3.54. The van der Waals surface area contributed by atoms with Crippen LogP contribution in [-0.2, 0) is 0 Å². The summed E-state index contributed by atoms with van der Waals surface area (Å²) in [5.74, 6) is -0.650. The van der Waals surface area contributed by atoms with Crippen LogP contribution in [0.2, 0.25) is 0 Å². The monoisotopic (exact) mass is 365 g/mol. The van der Waals surface area contributed by atoms with Gasteiger partial charge in [-0.2, -0.15) is 5.10 Å². The topological polar surface area (TPSA) is 89.8 Å². The first kappa shape index (κ1) is 17.1. The van der Waals surface area contributed by atoms with Crippen molar-refractivity contribution in [2.24, 2.45) is 0 Å². The lowest BCUT2D eigenvalue weighted by atomic mass is 10.1. The van der Waals surface area contributed by atoms with E-state index in [0.717, 1.165) is 0 Å². The van der Waals surface area contributed by atoms with Crippen LogP contribution in [0.25, 0.3) is 10.8 Å². The Morgan fingerprint density at radius 3 is 2.48 bits per heavy atom. The van der Waals surface area contributed by atoms with E-state index < -0.39 is 17.3 Å². The van der Waals surface area contributed by atoms with Gasteiger partial charge in [-0.1, -0.05) is 29.5 Å². The normalized spacial score (nSPS) is 11.4. The average molecular weight is 365 g/mol. The number of hydrogen-bond donors (Lipinski definition) is 1. The molecular formula is C15H13F2N5O2S. The van der Waals surface area contributed by atoms with Crippen LogP contribution in [0.5, 0.6) is 0 Å². The molecule has 0 aliphatic rings. The van der Waals surface area contributed by atoms with E-state index in [1.54, 1.807) is 38.1 Å². The Morgan fingerprint density at radius 1 is 1.20 bits per heavy atom. The third-order valence-corrected chi connectivity index (χ3v) is 4.23. The lowest BCUT2D eigenvalue weighted by Crippen LogP contribution is -2.28. The maximum absolute atomic E-state index is 12.6. The van der Waals surface area contributed by atoms with Crippen LogP contribution >= 0.6 is 11.3 Å². The Bertz CT molecular complexity index is 999. The minimum Gasteiger partial charge on any atom is -0.295 e. The molecule has 0 aliphatic carbocycles. The first-order chi connectivity index (χ1) is 11.9. The molecule has 3 rings (SSSR count). The fourth-order valence-corrected chi connectivity index (χ4v) is 2.85. The van der Waals surface area contributed by atoms with Crippen LogP contribution in [0.3, 0.4) is 0 Å². The minimum absolute atomic E-state index is 0.0118. The maximum atomic E-state index is 12.6. The number of aromatic nitrogens is 4. The van der Waals surface area contributed by atoms with Gasteiger partial charge in [-0.3, -0.25) is 14.9 Å². The van der Waals surface area contributed by atoms with Crippen molar-refractivity contribution in [2.75, 3.05) is 5.32 Å². The number of fused-ring (bicyclic) bond motifs is 1. The van der Waals surface area contributed by atoms with E-state index in [1.807, 2.05) is 0 Å². The molecule has 130 valence electrons. The van der Waals surface area contributed by atoms with Gasteiger partial charge in [0.1, 0.15) is 0 Å². The number of amides is 1. The number of alkyl halides is 2. The number of carbonyl (C=O) groups is 1. The summed E-state index contributed by atoms with van der Waals surface area (Å²) in [7, 11) is 0. The highest BCUT2D eigenvalue weighted by molar-refractivity contribution is 7.15. The van der Waals surface area contributed by atoms with Crippen molar-refractivity contribution < 1.29 is 13.6 Å². The number of nitrogens with one attached hydrogen (secondary N) is 1. The predicted octanol–water partition coefficient (Wildman–Crippen LogP) is 3.02. The molecule has 0 fully saturated rings. The minimum atomic E-state index is -2.76. The van der Waals surface area contributed by atoms with Crippen molar-refractivity contribution in [3.63, 3.8) is 0 Å². The number of hydrogen-bond acceptors (Lipinski definition) is 6. The number of anilines is 1. The molecule has 25 heavy (non-hydrogen) atoms. The van der Waals surface area contributed by atoms with Gasteiger partial charge < -0.3 is 0 Å². The van der Waals surface area contributed by atoms with Crippen molar-refractivity contribution in [3.05, 3.63) is 45.3 Å². The fraction of sp³-hybridized carbons (Fsp3) is 0.267. The molecule has 2 aromatic heterocycles. The van der Waals surface area contributed by atoms with Crippen molar-refractivity contribution >= 4 is 33.1 Å². The Kier molecular flexibility index (Phi) is 4.53. The fourth-order valence-electron chi connectivity index (χ4n) is 2.25. The molecule has 0 saturated carbocycles. The van der Waals surface area contributed by atoms with Crippen LogP contribution in [0.1, 0.15) is 41.8 Å². The molecule has 2 heterocycles. The van der Waals surface area contributed by atoms with Crippen LogP contribution in [-0.4, -0.2) is 25.9 Å². The molecule has 0 radical (unpaired) electrons. The Balaban J connectivity index is 2.06. The Labute approximate surface area is 144 Å². The number of rotatable bonds is 4. The molecule has 0 bridgehead atoms. The van der Waals surface area contributed by atoms with Crippen molar-refractivity contribution in [3.8, 4) is 0 Å². The standard InChI is InChI=1S/C15H13F2N5O2S/c1-7(2)22-14(24)9-6-4-3-5-8(9)10(21-22)12(23)18-15-20-19-13(25-15)11(16)17/h3-7,11H,1-2H3,(H,18,20,23). The molecule has 1 N–H and O–H groups in total. The van der Waals surface area contributed by atoms with E-state index in [-0.39, 0.29) is 22.4 Å². The number of benzene rings is 1. The summed E-state index contributed by atoms with van der Waals surface area (Å²) >= 11 is 0.583. The second-order valence-corrected chi connectivity index (χ2v) is 6.45. The number of halogens is 2. The van der Waals surface area contributed by atoms with E-state index in [1.165, 1.54) is 4.68 Å². The summed E-state index contributed by atoms with van der Waals surface area (Å²) in [6.07, 6.45) is -2.76. The molecular weight excluding hydrogens is 352 g/mol. The number of carbonyl (C=O) groups excluding carboxylic acids is 1. The highest BCUT2D eigenvalue weighted by Gasteiger charge is 2.20. The van der Waals surface area contributed by atoms with E-state index >= 15 is 0 Å². The van der Waals surface area contributed by atoms with Gasteiger partial charge in [0.2, 0.25) is 5.13 Å². The van der Waals surface area contributed by atoms with Gasteiger partial charge in [-0.05, 0) is 19.9 Å². The van der Waals surface area contributed by atoms with E-state index in [2.05, 4.69) is 20.6 Å². The van der Waals surface area contributed by atoms with Crippen molar-refractivity contribution in [1.29, 1.82) is 0 Å².